The van der Waals surface area contributed by atoms with Crippen molar-refractivity contribution in [2.24, 2.45) is 5.41 Å². The average molecular weight is 283 g/mol. The monoisotopic (exact) mass is 283 g/mol. The molecular weight excluding hydrogens is 262 g/mol. The van der Waals surface area contributed by atoms with Gasteiger partial charge in [-0.25, -0.2) is 13.1 Å². The molecule has 0 heterocycles. The fourth-order valence-corrected chi connectivity index (χ4v) is 3.98. The lowest BCUT2D eigenvalue weighted by atomic mass is 9.92. The first-order chi connectivity index (χ1) is 8.82. The van der Waals surface area contributed by atoms with Gasteiger partial charge in [-0.05, 0) is 42.4 Å². The number of hydrogen-bond donors (Lipinski definition) is 2. The highest BCUT2D eigenvalue weighted by atomic mass is 32.2. The Morgan fingerprint density at radius 1 is 1.42 bits per heavy atom. The Morgan fingerprint density at radius 3 is 2.74 bits per heavy atom. The first kappa shape index (κ1) is 14.5. The Kier molecular flexibility index (Phi) is 3.99. The number of nitrogens with one attached hydrogen (secondary N) is 1. The van der Waals surface area contributed by atoms with Crippen LogP contribution in [0.25, 0.3) is 0 Å². The van der Waals surface area contributed by atoms with Crippen molar-refractivity contribution in [2.75, 3.05) is 0 Å². The summed E-state index contributed by atoms with van der Waals surface area (Å²) in [6.07, 6.45) is 2.79. The summed E-state index contributed by atoms with van der Waals surface area (Å²) in [6, 6.07) is 6.44. The fourth-order valence-electron chi connectivity index (χ4n) is 2.64. The summed E-state index contributed by atoms with van der Waals surface area (Å²) < 4.78 is 27.3. The first-order valence-electron chi connectivity index (χ1n) is 6.55. The van der Waals surface area contributed by atoms with Crippen LogP contribution in [0.4, 0.5) is 0 Å². The second kappa shape index (κ2) is 5.23. The molecule has 1 aliphatic rings. The molecule has 19 heavy (non-hydrogen) atoms. The van der Waals surface area contributed by atoms with E-state index in [-0.39, 0.29) is 23.0 Å². The normalized spacial score (nSPS) is 22.6. The SMILES string of the molecule is CC1(C)CCC(NS(=O)(=O)c2cccc(CO)c2)C1. The zero-order valence-electron chi connectivity index (χ0n) is 11.4. The summed E-state index contributed by atoms with van der Waals surface area (Å²) in [5.74, 6) is 0. The highest BCUT2D eigenvalue weighted by Gasteiger charge is 2.33. The van der Waals surface area contributed by atoms with E-state index >= 15 is 0 Å². The summed E-state index contributed by atoms with van der Waals surface area (Å²) in [6.45, 7) is 4.17. The van der Waals surface area contributed by atoms with Crippen molar-refractivity contribution in [2.45, 2.75) is 50.7 Å². The van der Waals surface area contributed by atoms with Crippen LogP contribution < -0.4 is 4.72 Å². The molecule has 1 saturated carbocycles. The molecule has 0 aromatic heterocycles. The number of aliphatic hydroxyl groups excluding tert-OH is 1. The van der Waals surface area contributed by atoms with Crippen LogP contribution in [0.3, 0.4) is 0 Å². The van der Waals surface area contributed by atoms with Crippen LogP contribution in [-0.4, -0.2) is 19.6 Å². The molecule has 1 fully saturated rings. The molecule has 1 aromatic carbocycles. The average Bonchev–Trinajstić information content (AvgIpc) is 2.68. The van der Waals surface area contributed by atoms with Gasteiger partial charge in [0.1, 0.15) is 0 Å². The molecule has 0 aliphatic heterocycles. The molecule has 2 rings (SSSR count). The summed E-state index contributed by atoms with van der Waals surface area (Å²) in [5, 5.41) is 9.07. The van der Waals surface area contributed by atoms with Crippen LogP contribution in [0.1, 0.15) is 38.7 Å². The third-order valence-corrected chi connectivity index (χ3v) is 5.20. The molecule has 2 N–H and O–H groups in total. The van der Waals surface area contributed by atoms with Crippen molar-refractivity contribution in [1.82, 2.24) is 4.72 Å². The molecule has 106 valence electrons. The van der Waals surface area contributed by atoms with Gasteiger partial charge in [0.25, 0.3) is 0 Å². The lowest BCUT2D eigenvalue weighted by molar-refractivity contribution is 0.281. The zero-order valence-corrected chi connectivity index (χ0v) is 12.2. The lowest BCUT2D eigenvalue weighted by Gasteiger charge is -2.18. The van der Waals surface area contributed by atoms with Crippen molar-refractivity contribution < 1.29 is 13.5 Å². The van der Waals surface area contributed by atoms with Crippen LogP contribution in [0.15, 0.2) is 29.2 Å². The maximum atomic E-state index is 12.3. The number of aliphatic hydroxyl groups is 1. The van der Waals surface area contributed by atoms with E-state index in [2.05, 4.69) is 18.6 Å². The molecule has 1 aromatic rings. The van der Waals surface area contributed by atoms with Crippen molar-refractivity contribution in [3.63, 3.8) is 0 Å². The van der Waals surface area contributed by atoms with Gasteiger partial charge in [-0.15, -0.1) is 0 Å². The Labute approximate surface area is 114 Å². The van der Waals surface area contributed by atoms with E-state index in [1.807, 2.05) is 0 Å². The Bertz CT molecular complexity index is 552. The van der Waals surface area contributed by atoms with Crippen LogP contribution >= 0.6 is 0 Å². The summed E-state index contributed by atoms with van der Waals surface area (Å²) in [5.41, 5.74) is 0.815. The number of rotatable bonds is 4. The third-order valence-electron chi connectivity index (χ3n) is 3.68. The summed E-state index contributed by atoms with van der Waals surface area (Å²) in [7, 11) is -3.49. The van der Waals surface area contributed by atoms with Gasteiger partial charge in [0.2, 0.25) is 10.0 Å². The van der Waals surface area contributed by atoms with Crippen LogP contribution in [0, 0.1) is 5.41 Å². The maximum Gasteiger partial charge on any atom is 0.240 e. The zero-order chi connectivity index (χ0) is 14.1. The van der Waals surface area contributed by atoms with E-state index in [1.54, 1.807) is 18.2 Å². The smallest absolute Gasteiger partial charge is 0.240 e. The van der Waals surface area contributed by atoms with Gasteiger partial charge in [-0.3, -0.25) is 0 Å². The number of sulfonamides is 1. The van der Waals surface area contributed by atoms with E-state index in [1.165, 1.54) is 6.07 Å². The van der Waals surface area contributed by atoms with E-state index in [4.69, 9.17) is 5.11 Å². The van der Waals surface area contributed by atoms with Crippen molar-refractivity contribution in [3.8, 4) is 0 Å². The molecule has 5 heteroatoms. The Morgan fingerprint density at radius 2 is 2.16 bits per heavy atom. The molecule has 1 aliphatic carbocycles. The quantitative estimate of drug-likeness (QED) is 0.888. The van der Waals surface area contributed by atoms with E-state index in [9.17, 15) is 8.42 Å². The number of hydrogen-bond acceptors (Lipinski definition) is 3. The van der Waals surface area contributed by atoms with Gasteiger partial charge in [0.05, 0.1) is 11.5 Å². The fraction of sp³-hybridized carbons (Fsp3) is 0.571. The second-order valence-corrected chi connectivity index (χ2v) is 7.74. The molecule has 1 unspecified atom stereocenters. The molecule has 4 nitrogen and oxygen atoms in total. The van der Waals surface area contributed by atoms with Crippen molar-refractivity contribution in [3.05, 3.63) is 29.8 Å². The standard InChI is InChI=1S/C14H21NO3S/c1-14(2)7-6-12(9-14)15-19(17,18)13-5-3-4-11(8-13)10-16/h3-5,8,12,15-16H,6-7,9-10H2,1-2H3. The molecule has 0 radical (unpaired) electrons. The minimum Gasteiger partial charge on any atom is -0.392 e. The minimum absolute atomic E-state index is 0.0118. The van der Waals surface area contributed by atoms with Gasteiger partial charge in [-0.2, -0.15) is 0 Å². The predicted molar refractivity (Wildman–Crippen MR) is 74.1 cm³/mol. The predicted octanol–water partition coefficient (Wildman–Crippen LogP) is 2.04. The molecule has 0 bridgehead atoms. The minimum atomic E-state index is -3.49. The van der Waals surface area contributed by atoms with Gasteiger partial charge in [-0.1, -0.05) is 26.0 Å². The largest absolute Gasteiger partial charge is 0.392 e. The van der Waals surface area contributed by atoms with Gasteiger partial charge in [0, 0.05) is 6.04 Å². The van der Waals surface area contributed by atoms with Crippen LogP contribution in [0.2, 0.25) is 0 Å². The van der Waals surface area contributed by atoms with Crippen molar-refractivity contribution in [1.29, 1.82) is 0 Å². The second-order valence-electron chi connectivity index (χ2n) is 6.03. The topological polar surface area (TPSA) is 66.4 Å². The first-order valence-corrected chi connectivity index (χ1v) is 8.03. The lowest BCUT2D eigenvalue weighted by Crippen LogP contribution is -2.33. The van der Waals surface area contributed by atoms with Crippen molar-refractivity contribution >= 4 is 10.0 Å². The summed E-state index contributed by atoms with van der Waals surface area (Å²) >= 11 is 0. The summed E-state index contributed by atoms with van der Waals surface area (Å²) in [4.78, 5) is 0.226. The molecular formula is C14H21NO3S. The highest BCUT2D eigenvalue weighted by Crippen LogP contribution is 2.37. The molecule has 0 spiro atoms. The van der Waals surface area contributed by atoms with Gasteiger partial charge in [0.15, 0.2) is 0 Å². The van der Waals surface area contributed by atoms with Gasteiger partial charge >= 0.3 is 0 Å². The van der Waals surface area contributed by atoms with Crippen LogP contribution in [0.5, 0.6) is 0 Å². The van der Waals surface area contributed by atoms with E-state index in [0.717, 1.165) is 19.3 Å². The molecule has 0 amide bonds. The third kappa shape index (κ3) is 3.55. The number of benzene rings is 1. The van der Waals surface area contributed by atoms with Gasteiger partial charge < -0.3 is 5.11 Å². The Balaban J connectivity index is 2.14. The molecule has 1 atom stereocenters. The maximum absolute atomic E-state index is 12.3. The van der Waals surface area contributed by atoms with Crippen LogP contribution in [-0.2, 0) is 16.6 Å². The highest BCUT2D eigenvalue weighted by molar-refractivity contribution is 7.89. The van der Waals surface area contributed by atoms with E-state index in [0.29, 0.717) is 5.56 Å². The van der Waals surface area contributed by atoms with E-state index < -0.39 is 10.0 Å². The molecule has 0 saturated heterocycles. The Hall–Kier alpha value is -0.910.